The lowest BCUT2D eigenvalue weighted by Gasteiger charge is -2.12. The molecule has 0 aromatic carbocycles. The Hall–Kier alpha value is -1.50. The monoisotopic (exact) mass is 255 g/mol. The van der Waals surface area contributed by atoms with Gasteiger partial charge in [0.2, 0.25) is 0 Å². The molecule has 16 heavy (non-hydrogen) atoms. The number of ether oxygens (including phenoxy) is 1. The minimum absolute atomic E-state index is 0.132. The Balaban J connectivity index is 3.37. The molecule has 0 bridgehead atoms. The maximum atomic E-state index is 12.0. The Morgan fingerprint density at radius 2 is 2.12 bits per heavy atom. The Kier molecular flexibility index (Phi) is 3.58. The lowest BCUT2D eigenvalue weighted by molar-refractivity contribution is -0.275. The maximum absolute atomic E-state index is 12.0. The average Bonchev–Trinajstić information content (AvgIpc) is 2.16. The predicted molar refractivity (Wildman–Crippen MR) is 48.7 cm³/mol. The van der Waals surface area contributed by atoms with Crippen molar-refractivity contribution in [3.05, 3.63) is 27.7 Å². The van der Waals surface area contributed by atoms with Crippen molar-refractivity contribution in [3.63, 3.8) is 0 Å². The number of carbonyl (C=O) groups is 1. The number of alkyl halides is 4. The minimum atomic E-state index is -4.99. The summed E-state index contributed by atoms with van der Waals surface area (Å²) in [5.74, 6) is -1.36. The van der Waals surface area contributed by atoms with Crippen LogP contribution in [0.2, 0.25) is 0 Å². The molecule has 0 fully saturated rings. The molecule has 8 heteroatoms. The third-order valence-corrected chi connectivity index (χ3v) is 1.91. The number of H-pyrrole nitrogens is 1. The van der Waals surface area contributed by atoms with Crippen LogP contribution in [0.15, 0.2) is 11.0 Å². The molecule has 4 nitrogen and oxygen atoms in total. The minimum Gasteiger partial charge on any atom is -0.404 e. The fourth-order valence-corrected chi connectivity index (χ4v) is 1.26. The zero-order valence-electron chi connectivity index (χ0n) is 7.60. The van der Waals surface area contributed by atoms with Crippen LogP contribution in [0.1, 0.15) is 15.9 Å². The first-order valence-electron chi connectivity index (χ1n) is 3.90. The van der Waals surface area contributed by atoms with E-state index in [9.17, 15) is 22.8 Å². The third-order valence-electron chi connectivity index (χ3n) is 1.65. The Bertz CT molecular complexity index is 455. The van der Waals surface area contributed by atoms with E-state index in [1.165, 1.54) is 0 Å². The topological polar surface area (TPSA) is 59.2 Å². The van der Waals surface area contributed by atoms with E-state index in [0.717, 1.165) is 6.20 Å². The number of halogens is 4. The molecule has 1 N–H and O–H groups in total. The molecule has 0 radical (unpaired) electrons. The number of nitrogens with one attached hydrogen (secondary N) is 1. The van der Waals surface area contributed by atoms with Crippen molar-refractivity contribution in [3.8, 4) is 5.75 Å². The highest BCUT2D eigenvalue weighted by Crippen LogP contribution is 2.27. The van der Waals surface area contributed by atoms with Crippen LogP contribution in [0.5, 0.6) is 5.75 Å². The second-order valence-electron chi connectivity index (χ2n) is 2.68. The van der Waals surface area contributed by atoms with Crippen molar-refractivity contribution < 1.29 is 22.7 Å². The summed E-state index contributed by atoms with van der Waals surface area (Å²) in [5.41, 5.74) is -1.70. The van der Waals surface area contributed by atoms with E-state index in [4.69, 9.17) is 11.6 Å². The van der Waals surface area contributed by atoms with Gasteiger partial charge < -0.3 is 9.72 Å². The van der Waals surface area contributed by atoms with Gasteiger partial charge in [-0.2, -0.15) is 0 Å². The summed E-state index contributed by atoms with van der Waals surface area (Å²) in [6.45, 7) is 0. The molecule has 0 aliphatic heterocycles. The number of hydrogen-bond acceptors (Lipinski definition) is 3. The Morgan fingerprint density at radius 3 is 2.56 bits per heavy atom. The second kappa shape index (κ2) is 4.56. The highest BCUT2D eigenvalue weighted by molar-refractivity contribution is 6.17. The van der Waals surface area contributed by atoms with Crippen molar-refractivity contribution >= 4 is 17.9 Å². The molecule has 0 aliphatic carbocycles. The Morgan fingerprint density at radius 1 is 1.50 bits per heavy atom. The lowest BCUT2D eigenvalue weighted by Crippen LogP contribution is -2.23. The van der Waals surface area contributed by atoms with Gasteiger partial charge in [-0.25, -0.2) is 0 Å². The normalized spacial score (nSPS) is 11.2. The quantitative estimate of drug-likeness (QED) is 0.662. The van der Waals surface area contributed by atoms with Crippen LogP contribution >= 0.6 is 11.6 Å². The summed E-state index contributed by atoms with van der Waals surface area (Å²) < 4.78 is 39.6. The molecule has 1 aromatic heterocycles. The lowest BCUT2D eigenvalue weighted by atomic mass is 10.2. The number of aromatic nitrogens is 1. The molecule has 1 heterocycles. The maximum Gasteiger partial charge on any atom is 0.573 e. The number of hydrogen-bond donors (Lipinski definition) is 1. The molecule has 0 saturated carbocycles. The third kappa shape index (κ3) is 2.75. The molecule has 0 unspecified atom stereocenters. The number of carbonyl (C=O) groups excluding carboxylic acids is 1. The molecule has 0 saturated heterocycles. The van der Waals surface area contributed by atoms with Crippen LogP contribution in [0, 0.1) is 0 Å². The summed E-state index contributed by atoms with van der Waals surface area (Å²) >= 11 is 5.31. The van der Waals surface area contributed by atoms with E-state index in [0.29, 0.717) is 0 Å². The van der Waals surface area contributed by atoms with Gasteiger partial charge in [0, 0.05) is 6.20 Å². The molecular weight excluding hydrogens is 251 g/mol. The number of pyridine rings is 1. The molecule has 1 aromatic rings. The molecule has 0 aliphatic rings. The first-order valence-corrected chi connectivity index (χ1v) is 4.44. The van der Waals surface area contributed by atoms with Crippen LogP contribution < -0.4 is 10.3 Å². The summed E-state index contributed by atoms with van der Waals surface area (Å²) in [4.78, 5) is 23.7. The van der Waals surface area contributed by atoms with Gasteiger partial charge in [0.05, 0.1) is 17.0 Å². The van der Waals surface area contributed by atoms with E-state index in [1.807, 2.05) is 0 Å². The van der Waals surface area contributed by atoms with E-state index in [1.54, 1.807) is 0 Å². The van der Waals surface area contributed by atoms with Crippen LogP contribution in [-0.4, -0.2) is 17.6 Å². The average molecular weight is 256 g/mol. The predicted octanol–water partition coefficient (Wildman–Crippen LogP) is 1.82. The van der Waals surface area contributed by atoms with Crippen molar-refractivity contribution in [1.29, 1.82) is 0 Å². The van der Waals surface area contributed by atoms with E-state index in [2.05, 4.69) is 9.72 Å². The summed E-state index contributed by atoms with van der Waals surface area (Å²) in [7, 11) is 0. The smallest absolute Gasteiger partial charge is 0.404 e. The molecule has 0 atom stereocenters. The first-order chi connectivity index (χ1) is 7.39. The fraction of sp³-hybridized carbons (Fsp3) is 0.250. The number of rotatable bonds is 3. The van der Waals surface area contributed by atoms with Gasteiger partial charge in [0.1, 0.15) is 0 Å². The van der Waals surface area contributed by atoms with E-state index >= 15 is 0 Å². The molecule has 1 rings (SSSR count). The van der Waals surface area contributed by atoms with Gasteiger partial charge in [-0.1, -0.05) is 0 Å². The summed E-state index contributed by atoms with van der Waals surface area (Å²) in [6, 6.07) is 0. The largest absolute Gasteiger partial charge is 0.573 e. The van der Waals surface area contributed by atoms with Crippen molar-refractivity contribution in [1.82, 2.24) is 4.98 Å². The highest BCUT2D eigenvalue weighted by Gasteiger charge is 2.33. The van der Waals surface area contributed by atoms with Crippen LogP contribution in [0.3, 0.4) is 0 Å². The standard InChI is InChI=1S/C8H5ClF3NO3/c9-1-5-6(16-8(10,11)12)4(3-14)2-13-7(5)15/h2-3H,1H2,(H,13,15). The SMILES string of the molecule is O=Cc1c[nH]c(=O)c(CCl)c1OC(F)(F)F. The van der Waals surface area contributed by atoms with Gasteiger partial charge in [0.25, 0.3) is 5.56 Å². The van der Waals surface area contributed by atoms with Crippen molar-refractivity contribution in [2.45, 2.75) is 12.2 Å². The summed E-state index contributed by atoms with van der Waals surface area (Å²) in [6.07, 6.45) is -4.04. The van der Waals surface area contributed by atoms with Crippen LogP contribution in [0.25, 0.3) is 0 Å². The van der Waals surface area contributed by atoms with Gasteiger partial charge in [-0.05, 0) is 0 Å². The number of aromatic amines is 1. The van der Waals surface area contributed by atoms with Gasteiger partial charge in [-0.15, -0.1) is 24.8 Å². The van der Waals surface area contributed by atoms with Crippen molar-refractivity contribution in [2.24, 2.45) is 0 Å². The van der Waals surface area contributed by atoms with Crippen LogP contribution in [-0.2, 0) is 5.88 Å². The number of aldehydes is 1. The van der Waals surface area contributed by atoms with E-state index in [-0.39, 0.29) is 6.29 Å². The van der Waals surface area contributed by atoms with Crippen molar-refractivity contribution in [2.75, 3.05) is 0 Å². The summed E-state index contributed by atoms with van der Waals surface area (Å²) in [5, 5.41) is 0. The van der Waals surface area contributed by atoms with E-state index < -0.39 is 34.7 Å². The zero-order valence-corrected chi connectivity index (χ0v) is 8.35. The molecule has 0 amide bonds. The second-order valence-corrected chi connectivity index (χ2v) is 2.95. The van der Waals surface area contributed by atoms with Gasteiger partial charge in [0.15, 0.2) is 12.0 Å². The molecular formula is C8H5ClF3NO3. The first kappa shape index (κ1) is 12.6. The molecule has 88 valence electrons. The fourth-order valence-electron chi connectivity index (χ4n) is 1.02. The van der Waals surface area contributed by atoms with Gasteiger partial charge >= 0.3 is 6.36 Å². The zero-order chi connectivity index (χ0) is 12.3. The molecule has 0 spiro atoms. The Labute approximate surface area is 92.0 Å². The highest BCUT2D eigenvalue weighted by atomic mass is 35.5. The van der Waals surface area contributed by atoms with Gasteiger partial charge in [-0.3, -0.25) is 9.59 Å². The van der Waals surface area contributed by atoms with Crippen LogP contribution in [0.4, 0.5) is 13.2 Å².